The number of nitrogens with one attached hydrogen (secondary N) is 1. The van der Waals surface area contributed by atoms with E-state index >= 15 is 0 Å². The third-order valence-electron chi connectivity index (χ3n) is 4.07. The molecule has 2 rings (SSSR count). The van der Waals surface area contributed by atoms with Crippen LogP contribution in [0.3, 0.4) is 0 Å². The van der Waals surface area contributed by atoms with Crippen molar-refractivity contribution in [3.63, 3.8) is 0 Å². The zero-order valence-electron chi connectivity index (χ0n) is 12.6. The van der Waals surface area contributed by atoms with E-state index in [1.54, 1.807) is 0 Å². The minimum absolute atomic E-state index is 0.746. The van der Waals surface area contributed by atoms with Crippen LogP contribution in [0.15, 0.2) is 12.4 Å². The van der Waals surface area contributed by atoms with Crippen molar-refractivity contribution >= 4 is 0 Å². The number of likely N-dealkylation sites (N-methyl/N-ethyl adjacent to an activating group) is 1. The summed E-state index contributed by atoms with van der Waals surface area (Å²) in [5.41, 5.74) is 1.29. The van der Waals surface area contributed by atoms with Gasteiger partial charge in [-0.25, -0.2) is 0 Å². The van der Waals surface area contributed by atoms with E-state index in [0.717, 1.165) is 31.6 Å². The fourth-order valence-corrected chi connectivity index (χ4v) is 3.02. The minimum Gasteiger partial charge on any atom is -0.313 e. The van der Waals surface area contributed by atoms with Crippen LogP contribution in [0.4, 0.5) is 0 Å². The quantitative estimate of drug-likeness (QED) is 0.853. The minimum atomic E-state index is 0.746. The van der Waals surface area contributed by atoms with Gasteiger partial charge in [-0.2, -0.15) is 5.10 Å². The van der Waals surface area contributed by atoms with Gasteiger partial charge in [0.05, 0.1) is 6.20 Å². The van der Waals surface area contributed by atoms with Crippen LogP contribution in [0.1, 0.15) is 38.2 Å². The normalized spacial score (nSPS) is 24.0. The number of aryl methyl sites for hydroxylation is 1. The Morgan fingerprint density at radius 1 is 1.47 bits per heavy atom. The maximum Gasteiger partial charge on any atom is 0.0534 e. The van der Waals surface area contributed by atoms with Crippen molar-refractivity contribution in [2.45, 2.75) is 45.2 Å². The molecule has 0 radical (unpaired) electrons. The zero-order chi connectivity index (χ0) is 13.7. The molecule has 1 saturated carbocycles. The topological polar surface area (TPSA) is 33.1 Å². The van der Waals surface area contributed by atoms with Gasteiger partial charge in [0.25, 0.3) is 0 Å². The fourth-order valence-electron chi connectivity index (χ4n) is 3.02. The van der Waals surface area contributed by atoms with Crippen molar-refractivity contribution in [2.24, 2.45) is 13.0 Å². The lowest BCUT2D eigenvalue weighted by Gasteiger charge is -2.28. The average Bonchev–Trinajstić information content (AvgIpc) is 2.75. The Labute approximate surface area is 117 Å². The Morgan fingerprint density at radius 3 is 3.00 bits per heavy atom. The first-order valence-corrected chi connectivity index (χ1v) is 7.53. The van der Waals surface area contributed by atoms with E-state index in [9.17, 15) is 0 Å². The van der Waals surface area contributed by atoms with Crippen LogP contribution < -0.4 is 5.32 Å². The second-order valence-corrected chi connectivity index (χ2v) is 6.18. The number of rotatable bonds is 6. The number of aromatic nitrogens is 2. The first-order chi connectivity index (χ1) is 9.13. The summed E-state index contributed by atoms with van der Waals surface area (Å²) in [6, 6.07) is 0.746. The summed E-state index contributed by atoms with van der Waals surface area (Å²) < 4.78 is 1.87. The molecular weight excluding hydrogens is 236 g/mol. The van der Waals surface area contributed by atoms with Crippen molar-refractivity contribution in [3.8, 4) is 0 Å². The molecule has 1 aromatic heterocycles. The Kier molecular flexibility index (Phi) is 5.40. The SMILES string of the molecule is CC1CCCC(NCCN(C)Cc2cnn(C)c2)C1. The van der Waals surface area contributed by atoms with Gasteiger partial charge in [0, 0.05) is 44.5 Å². The number of hydrogen-bond acceptors (Lipinski definition) is 3. The van der Waals surface area contributed by atoms with Crippen molar-refractivity contribution in [1.82, 2.24) is 20.0 Å². The Morgan fingerprint density at radius 2 is 2.32 bits per heavy atom. The van der Waals surface area contributed by atoms with E-state index in [0.29, 0.717) is 0 Å². The molecule has 2 atom stereocenters. The lowest BCUT2D eigenvalue weighted by molar-refractivity contribution is 0.274. The maximum absolute atomic E-state index is 4.21. The van der Waals surface area contributed by atoms with Crippen molar-refractivity contribution in [3.05, 3.63) is 18.0 Å². The molecule has 1 N–H and O–H groups in total. The summed E-state index contributed by atoms with van der Waals surface area (Å²) in [7, 11) is 4.15. The van der Waals surface area contributed by atoms with Crippen molar-refractivity contribution < 1.29 is 0 Å². The molecule has 108 valence electrons. The molecule has 1 aliphatic rings. The van der Waals surface area contributed by atoms with Crippen LogP contribution in [0.25, 0.3) is 0 Å². The number of hydrogen-bond donors (Lipinski definition) is 1. The first kappa shape index (κ1) is 14.5. The highest BCUT2D eigenvalue weighted by molar-refractivity contribution is 5.02. The van der Waals surface area contributed by atoms with Crippen LogP contribution in [0, 0.1) is 5.92 Å². The van der Waals surface area contributed by atoms with Crippen LogP contribution in [0.2, 0.25) is 0 Å². The van der Waals surface area contributed by atoms with Gasteiger partial charge in [0.2, 0.25) is 0 Å². The summed E-state index contributed by atoms with van der Waals surface area (Å²) in [5.74, 6) is 0.902. The Balaban J connectivity index is 1.62. The van der Waals surface area contributed by atoms with Gasteiger partial charge in [0.15, 0.2) is 0 Å². The number of nitrogens with zero attached hydrogens (tertiary/aromatic N) is 3. The molecule has 1 fully saturated rings. The van der Waals surface area contributed by atoms with Crippen molar-refractivity contribution in [1.29, 1.82) is 0 Å². The zero-order valence-corrected chi connectivity index (χ0v) is 12.6. The predicted molar refractivity (Wildman–Crippen MR) is 79.0 cm³/mol. The summed E-state index contributed by atoms with van der Waals surface area (Å²) in [6.45, 7) is 5.55. The lowest BCUT2D eigenvalue weighted by atomic mass is 9.87. The molecule has 0 aliphatic heterocycles. The van der Waals surface area contributed by atoms with E-state index in [-0.39, 0.29) is 0 Å². The molecule has 0 aromatic carbocycles. The monoisotopic (exact) mass is 264 g/mol. The van der Waals surface area contributed by atoms with Gasteiger partial charge >= 0.3 is 0 Å². The highest BCUT2D eigenvalue weighted by Crippen LogP contribution is 2.23. The summed E-state index contributed by atoms with van der Waals surface area (Å²) in [6.07, 6.45) is 9.56. The highest BCUT2D eigenvalue weighted by Gasteiger charge is 2.17. The van der Waals surface area contributed by atoms with E-state index in [2.05, 4.69) is 35.5 Å². The second-order valence-electron chi connectivity index (χ2n) is 6.18. The van der Waals surface area contributed by atoms with E-state index in [1.807, 2.05) is 17.9 Å². The summed E-state index contributed by atoms with van der Waals surface area (Å²) in [5, 5.41) is 7.92. The molecule has 0 saturated heterocycles. The smallest absolute Gasteiger partial charge is 0.0534 e. The van der Waals surface area contributed by atoms with Gasteiger partial charge in [-0.15, -0.1) is 0 Å². The van der Waals surface area contributed by atoms with Crippen LogP contribution in [0.5, 0.6) is 0 Å². The molecule has 4 heteroatoms. The Bertz CT molecular complexity index is 374. The Hall–Kier alpha value is -0.870. The highest BCUT2D eigenvalue weighted by atomic mass is 15.2. The molecule has 19 heavy (non-hydrogen) atoms. The van der Waals surface area contributed by atoms with Gasteiger partial charge in [0.1, 0.15) is 0 Å². The second kappa shape index (κ2) is 7.06. The molecule has 2 unspecified atom stereocenters. The predicted octanol–water partition coefficient (Wildman–Crippen LogP) is 2.02. The lowest BCUT2D eigenvalue weighted by Crippen LogP contribution is -2.38. The third-order valence-corrected chi connectivity index (χ3v) is 4.07. The standard InChI is InChI=1S/C15H28N4/c1-13-5-4-6-15(9-13)16-7-8-18(2)11-14-10-17-19(3)12-14/h10,12-13,15-16H,4-9,11H2,1-3H3. The van der Waals surface area contributed by atoms with Gasteiger partial charge in [-0.3, -0.25) is 4.68 Å². The third kappa shape index (κ3) is 4.96. The van der Waals surface area contributed by atoms with Gasteiger partial charge < -0.3 is 10.2 Å². The van der Waals surface area contributed by atoms with Gasteiger partial charge in [-0.1, -0.05) is 19.8 Å². The molecule has 1 aliphatic carbocycles. The molecule has 1 heterocycles. The van der Waals surface area contributed by atoms with E-state index in [1.165, 1.54) is 31.2 Å². The average molecular weight is 264 g/mol. The first-order valence-electron chi connectivity index (χ1n) is 7.53. The van der Waals surface area contributed by atoms with Crippen LogP contribution >= 0.6 is 0 Å². The van der Waals surface area contributed by atoms with Crippen molar-refractivity contribution in [2.75, 3.05) is 20.1 Å². The summed E-state index contributed by atoms with van der Waals surface area (Å²) >= 11 is 0. The molecular formula is C15H28N4. The largest absolute Gasteiger partial charge is 0.313 e. The van der Waals surface area contributed by atoms with E-state index in [4.69, 9.17) is 0 Å². The van der Waals surface area contributed by atoms with Crippen LogP contribution in [-0.2, 0) is 13.6 Å². The molecule has 0 amide bonds. The van der Waals surface area contributed by atoms with E-state index < -0.39 is 0 Å². The molecule has 0 bridgehead atoms. The maximum atomic E-state index is 4.21. The fraction of sp³-hybridized carbons (Fsp3) is 0.800. The molecule has 4 nitrogen and oxygen atoms in total. The summed E-state index contributed by atoms with van der Waals surface area (Å²) in [4.78, 5) is 2.36. The van der Waals surface area contributed by atoms with Gasteiger partial charge in [-0.05, 0) is 25.8 Å². The molecule has 1 aromatic rings. The van der Waals surface area contributed by atoms with Crippen LogP contribution in [-0.4, -0.2) is 40.9 Å². The molecule has 0 spiro atoms.